The second-order valence-corrected chi connectivity index (χ2v) is 4.19. The molecule has 1 atom stereocenters. The van der Waals surface area contributed by atoms with Crippen molar-refractivity contribution in [2.75, 3.05) is 7.11 Å². The fraction of sp³-hybridized carbons (Fsp3) is 0.286. The van der Waals surface area contributed by atoms with E-state index < -0.39 is 0 Å². The third-order valence-corrected chi connectivity index (χ3v) is 2.89. The van der Waals surface area contributed by atoms with E-state index in [1.807, 2.05) is 13.0 Å². The molecule has 0 aliphatic rings. The Hall–Kier alpha value is -2.01. The molecule has 5 heteroatoms. The van der Waals surface area contributed by atoms with Crippen molar-refractivity contribution in [2.45, 2.75) is 19.5 Å². The van der Waals surface area contributed by atoms with Gasteiger partial charge in [0.15, 0.2) is 0 Å². The molecule has 0 saturated heterocycles. The molecule has 1 aromatic carbocycles. The van der Waals surface area contributed by atoms with Crippen LogP contribution in [0.2, 0.25) is 0 Å². The smallest absolute Gasteiger partial charge is 0.123 e. The fourth-order valence-electron chi connectivity index (χ4n) is 1.83. The van der Waals surface area contributed by atoms with Crippen molar-refractivity contribution in [2.24, 2.45) is 0 Å². The van der Waals surface area contributed by atoms with Crippen LogP contribution < -0.4 is 10.1 Å². The first-order chi connectivity index (χ1) is 9.20. The molecule has 4 nitrogen and oxygen atoms in total. The summed E-state index contributed by atoms with van der Waals surface area (Å²) in [6.45, 7) is 2.54. The normalized spacial score (nSPS) is 12.2. The van der Waals surface area contributed by atoms with Crippen molar-refractivity contribution in [3.05, 3.63) is 53.9 Å². The van der Waals surface area contributed by atoms with Crippen LogP contribution in [0.25, 0.3) is 0 Å². The molecular formula is C14H16FN3O. The van der Waals surface area contributed by atoms with Crippen LogP contribution in [0.4, 0.5) is 4.39 Å². The average molecular weight is 261 g/mol. The third-order valence-electron chi connectivity index (χ3n) is 2.89. The van der Waals surface area contributed by atoms with E-state index in [1.165, 1.54) is 18.5 Å². The van der Waals surface area contributed by atoms with E-state index in [-0.39, 0.29) is 11.9 Å². The number of hydrogen-bond donors (Lipinski definition) is 1. The predicted molar refractivity (Wildman–Crippen MR) is 70.2 cm³/mol. The number of ether oxygens (including phenoxy) is 1. The summed E-state index contributed by atoms with van der Waals surface area (Å²) in [6.07, 6.45) is 3.20. The van der Waals surface area contributed by atoms with Gasteiger partial charge in [0.1, 0.15) is 17.9 Å². The quantitative estimate of drug-likeness (QED) is 0.898. The zero-order valence-electron chi connectivity index (χ0n) is 10.9. The Bertz CT molecular complexity index is 533. The summed E-state index contributed by atoms with van der Waals surface area (Å²) < 4.78 is 18.5. The molecule has 0 amide bonds. The predicted octanol–water partition coefficient (Wildman–Crippen LogP) is 2.48. The lowest BCUT2D eigenvalue weighted by atomic mass is 10.1. The maximum absolute atomic E-state index is 13.3. The highest BCUT2D eigenvalue weighted by atomic mass is 19.1. The molecule has 0 aliphatic heterocycles. The summed E-state index contributed by atoms with van der Waals surface area (Å²) in [5, 5.41) is 3.28. The highest BCUT2D eigenvalue weighted by Crippen LogP contribution is 2.25. The van der Waals surface area contributed by atoms with Crippen LogP contribution in [0.3, 0.4) is 0 Å². The van der Waals surface area contributed by atoms with Crippen LogP contribution in [0.5, 0.6) is 5.75 Å². The SMILES string of the molecule is COc1ccc(F)cc1C(C)NCc1ccncn1. The lowest BCUT2D eigenvalue weighted by Crippen LogP contribution is -2.19. The number of nitrogens with zero attached hydrogens (tertiary/aromatic N) is 2. The summed E-state index contributed by atoms with van der Waals surface area (Å²) >= 11 is 0. The molecule has 2 aromatic rings. The minimum atomic E-state index is -0.272. The number of methoxy groups -OCH3 is 1. The summed E-state index contributed by atoms with van der Waals surface area (Å²) in [5.41, 5.74) is 1.67. The lowest BCUT2D eigenvalue weighted by molar-refractivity contribution is 0.399. The molecule has 0 spiro atoms. The van der Waals surface area contributed by atoms with E-state index >= 15 is 0 Å². The van der Waals surface area contributed by atoms with Crippen LogP contribution >= 0.6 is 0 Å². The van der Waals surface area contributed by atoms with Gasteiger partial charge in [0.25, 0.3) is 0 Å². The molecule has 1 heterocycles. The van der Waals surface area contributed by atoms with Gasteiger partial charge in [-0.2, -0.15) is 0 Å². The second kappa shape index (κ2) is 6.24. The van der Waals surface area contributed by atoms with Gasteiger partial charge in [0.2, 0.25) is 0 Å². The number of hydrogen-bond acceptors (Lipinski definition) is 4. The minimum Gasteiger partial charge on any atom is -0.496 e. The molecule has 100 valence electrons. The summed E-state index contributed by atoms with van der Waals surface area (Å²) in [5.74, 6) is 0.399. The standard InChI is InChI=1S/C14H16FN3O/c1-10(17-8-12-5-6-16-9-18-12)13-7-11(15)3-4-14(13)19-2/h3-7,9-10,17H,8H2,1-2H3. The highest BCUT2D eigenvalue weighted by molar-refractivity contribution is 5.36. The average Bonchev–Trinajstić information content (AvgIpc) is 2.46. The molecule has 1 unspecified atom stereocenters. The maximum Gasteiger partial charge on any atom is 0.123 e. The van der Waals surface area contributed by atoms with Gasteiger partial charge in [0, 0.05) is 24.3 Å². The first-order valence-corrected chi connectivity index (χ1v) is 6.02. The van der Waals surface area contributed by atoms with E-state index in [0.29, 0.717) is 12.3 Å². The van der Waals surface area contributed by atoms with E-state index in [0.717, 1.165) is 11.3 Å². The van der Waals surface area contributed by atoms with Crippen molar-refractivity contribution in [1.82, 2.24) is 15.3 Å². The van der Waals surface area contributed by atoms with Gasteiger partial charge in [0.05, 0.1) is 12.8 Å². The molecule has 1 N–H and O–H groups in total. The summed E-state index contributed by atoms with van der Waals surface area (Å²) in [6, 6.07) is 6.30. The minimum absolute atomic E-state index is 0.0411. The Morgan fingerprint density at radius 3 is 2.89 bits per heavy atom. The molecule has 0 radical (unpaired) electrons. The van der Waals surface area contributed by atoms with Gasteiger partial charge >= 0.3 is 0 Å². The van der Waals surface area contributed by atoms with Crippen molar-refractivity contribution in [3.8, 4) is 5.75 Å². The van der Waals surface area contributed by atoms with Crippen LogP contribution in [0.15, 0.2) is 36.8 Å². The van der Waals surface area contributed by atoms with Crippen LogP contribution in [-0.4, -0.2) is 17.1 Å². The Kier molecular flexibility index (Phi) is 4.41. The Labute approximate surface area is 111 Å². The molecule has 0 saturated carbocycles. The number of halogens is 1. The lowest BCUT2D eigenvalue weighted by Gasteiger charge is -2.17. The van der Waals surface area contributed by atoms with Gasteiger partial charge in [-0.05, 0) is 31.2 Å². The number of benzene rings is 1. The third kappa shape index (κ3) is 3.48. The van der Waals surface area contributed by atoms with Gasteiger partial charge < -0.3 is 10.1 Å². The fourth-order valence-corrected chi connectivity index (χ4v) is 1.83. The van der Waals surface area contributed by atoms with E-state index in [9.17, 15) is 4.39 Å². The molecular weight excluding hydrogens is 245 g/mol. The van der Waals surface area contributed by atoms with Gasteiger partial charge in [-0.1, -0.05) is 0 Å². The largest absolute Gasteiger partial charge is 0.496 e. The molecule has 2 rings (SSSR count). The molecule has 0 bridgehead atoms. The second-order valence-electron chi connectivity index (χ2n) is 4.19. The topological polar surface area (TPSA) is 47.0 Å². The van der Waals surface area contributed by atoms with Gasteiger partial charge in [-0.25, -0.2) is 14.4 Å². The van der Waals surface area contributed by atoms with E-state index in [2.05, 4.69) is 15.3 Å². The van der Waals surface area contributed by atoms with E-state index in [1.54, 1.807) is 19.4 Å². The van der Waals surface area contributed by atoms with Crippen molar-refractivity contribution < 1.29 is 9.13 Å². The Balaban J connectivity index is 2.07. The molecule has 0 fully saturated rings. The first kappa shape index (κ1) is 13.4. The van der Waals surface area contributed by atoms with Gasteiger partial charge in [-0.15, -0.1) is 0 Å². The van der Waals surface area contributed by atoms with Crippen molar-refractivity contribution >= 4 is 0 Å². The number of aromatic nitrogens is 2. The summed E-state index contributed by atoms with van der Waals surface area (Å²) in [7, 11) is 1.58. The Morgan fingerprint density at radius 2 is 2.21 bits per heavy atom. The summed E-state index contributed by atoms with van der Waals surface area (Å²) in [4.78, 5) is 7.99. The Morgan fingerprint density at radius 1 is 1.37 bits per heavy atom. The van der Waals surface area contributed by atoms with Crippen LogP contribution in [0, 0.1) is 5.82 Å². The maximum atomic E-state index is 13.3. The van der Waals surface area contributed by atoms with Crippen LogP contribution in [-0.2, 0) is 6.54 Å². The van der Waals surface area contributed by atoms with E-state index in [4.69, 9.17) is 4.74 Å². The molecule has 19 heavy (non-hydrogen) atoms. The number of rotatable bonds is 5. The van der Waals surface area contributed by atoms with Gasteiger partial charge in [-0.3, -0.25) is 0 Å². The van der Waals surface area contributed by atoms with Crippen LogP contribution in [0.1, 0.15) is 24.2 Å². The zero-order valence-corrected chi connectivity index (χ0v) is 10.9. The molecule has 1 aromatic heterocycles. The first-order valence-electron chi connectivity index (χ1n) is 6.02. The monoisotopic (exact) mass is 261 g/mol. The van der Waals surface area contributed by atoms with Crippen molar-refractivity contribution in [1.29, 1.82) is 0 Å². The molecule has 0 aliphatic carbocycles. The highest BCUT2D eigenvalue weighted by Gasteiger charge is 2.12. The zero-order chi connectivity index (χ0) is 13.7. The number of nitrogens with one attached hydrogen (secondary N) is 1. The van der Waals surface area contributed by atoms with Crippen molar-refractivity contribution in [3.63, 3.8) is 0 Å².